The molecule has 2 nitrogen and oxygen atoms in total. The summed E-state index contributed by atoms with van der Waals surface area (Å²) in [6.07, 6.45) is 20.9. The topological polar surface area (TPSA) is 33.4 Å². The molecule has 0 radical (unpaired) electrons. The Kier molecular flexibility index (Phi) is 4.03. The highest BCUT2D eigenvalue weighted by molar-refractivity contribution is 6.10. The number of phenolic OH excluding ortho intramolecular Hbond substituents is 1. The van der Waals surface area contributed by atoms with Crippen LogP contribution >= 0.6 is 0 Å². The Morgan fingerprint density at radius 1 is 0.872 bits per heavy atom. The molecule has 186 valence electrons. The van der Waals surface area contributed by atoms with E-state index in [0.29, 0.717) is 11.7 Å². The number of hydrogen-bond acceptors (Lipinski definition) is 2. The van der Waals surface area contributed by atoms with Gasteiger partial charge in [-0.3, -0.25) is 0 Å². The first-order valence-electron chi connectivity index (χ1n) is 13.9. The van der Waals surface area contributed by atoms with Crippen LogP contribution in [-0.4, -0.2) is 5.11 Å². The van der Waals surface area contributed by atoms with Gasteiger partial charge >= 0.3 is 0 Å². The van der Waals surface area contributed by atoms with E-state index in [4.69, 9.17) is 4.42 Å². The molecule has 9 rings (SSSR count). The molecule has 1 saturated carbocycles. The summed E-state index contributed by atoms with van der Waals surface area (Å²) in [6, 6.07) is 18.7. The van der Waals surface area contributed by atoms with Gasteiger partial charge in [-0.25, -0.2) is 0 Å². The predicted octanol–water partition coefficient (Wildman–Crippen LogP) is 8.64. The molecule has 2 heteroatoms. The standard InChI is InChI=1S/C37H26O2/c38-31-20-19-26(28-16-9-15-27-25-13-4-6-18-32(25)39-35(27)28)34-33(31)29-14-3-5-17-30(29)37(34)24-12-2-1-10-23-11-7-8-21-36(23,37)22-24/h1-7,9,11-16,18-20,23,30,38H,10,17,22H2/b2-1-,24-12+. The van der Waals surface area contributed by atoms with Crippen LogP contribution in [0.25, 0.3) is 38.6 Å². The molecular weight excluding hydrogens is 476 g/mol. The largest absolute Gasteiger partial charge is 0.507 e. The third-order valence-corrected chi connectivity index (χ3v) is 10.1. The summed E-state index contributed by atoms with van der Waals surface area (Å²) in [7, 11) is 0. The smallest absolute Gasteiger partial charge is 0.143 e. The van der Waals surface area contributed by atoms with Crippen molar-refractivity contribution in [3.05, 3.63) is 120 Å². The first kappa shape index (κ1) is 21.5. The maximum atomic E-state index is 11.5. The van der Waals surface area contributed by atoms with Gasteiger partial charge in [0.1, 0.15) is 16.9 Å². The highest BCUT2D eigenvalue weighted by Crippen LogP contribution is 2.77. The second kappa shape index (κ2) is 7.33. The van der Waals surface area contributed by atoms with Crippen molar-refractivity contribution in [2.45, 2.75) is 24.7 Å². The normalized spacial score (nSPS) is 31.2. The number of phenols is 1. The van der Waals surface area contributed by atoms with Gasteiger partial charge in [0, 0.05) is 33.2 Å². The van der Waals surface area contributed by atoms with E-state index in [9.17, 15) is 5.11 Å². The first-order chi connectivity index (χ1) is 19.2. The fraction of sp³-hybridized carbons (Fsp3) is 0.189. The Morgan fingerprint density at radius 3 is 2.72 bits per heavy atom. The molecule has 1 aromatic heterocycles. The molecule has 2 spiro atoms. The third-order valence-electron chi connectivity index (χ3n) is 10.1. The van der Waals surface area contributed by atoms with E-state index in [-0.39, 0.29) is 16.7 Å². The van der Waals surface area contributed by atoms with Gasteiger partial charge in [0.25, 0.3) is 0 Å². The second-order valence-corrected chi connectivity index (χ2v) is 11.5. The van der Waals surface area contributed by atoms with Gasteiger partial charge in [-0.2, -0.15) is 0 Å². The fourth-order valence-corrected chi connectivity index (χ4v) is 8.66. The lowest BCUT2D eigenvalue weighted by Crippen LogP contribution is -2.62. The number of fused-ring (bicyclic) bond motifs is 6. The molecule has 39 heavy (non-hydrogen) atoms. The van der Waals surface area contributed by atoms with Gasteiger partial charge in [0.15, 0.2) is 0 Å². The SMILES string of the molecule is Oc1ccc(-c2cccc3c2oc2ccccc23)c2c1C1=CC=CCC1C21/C2=C/C=C\CC3C=CC#CC31C2. The van der Waals surface area contributed by atoms with Crippen molar-refractivity contribution in [3.8, 4) is 28.7 Å². The van der Waals surface area contributed by atoms with Crippen molar-refractivity contribution in [2.24, 2.45) is 17.3 Å². The van der Waals surface area contributed by atoms with Gasteiger partial charge in [0.05, 0.1) is 5.41 Å². The van der Waals surface area contributed by atoms with Gasteiger partial charge in [-0.1, -0.05) is 102 Å². The number of furan rings is 1. The highest BCUT2D eigenvalue weighted by Gasteiger charge is 2.72. The average molecular weight is 503 g/mol. The Labute approximate surface area is 227 Å². The summed E-state index contributed by atoms with van der Waals surface area (Å²) < 4.78 is 6.56. The summed E-state index contributed by atoms with van der Waals surface area (Å²) in [5.74, 6) is 8.15. The minimum Gasteiger partial charge on any atom is -0.507 e. The molecule has 1 fully saturated rings. The fourth-order valence-electron chi connectivity index (χ4n) is 8.66. The quantitative estimate of drug-likeness (QED) is 0.264. The summed E-state index contributed by atoms with van der Waals surface area (Å²) in [4.78, 5) is 0. The Bertz CT molecular complexity index is 1980. The zero-order valence-electron chi connectivity index (χ0n) is 21.4. The van der Waals surface area contributed by atoms with Crippen LogP contribution in [-0.2, 0) is 5.41 Å². The molecule has 3 aromatic carbocycles. The third kappa shape index (κ3) is 2.41. The van der Waals surface area contributed by atoms with Crippen molar-refractivity contribution in [1.82, 2.24) is 0 Å². The van der Waals surface area contributed by atoms with E-state index < -0.39 is 0 Å². The molecule has 4 atom stereocenters. The molecule has 0 amide bonds. The summed E-state index contributed by atoms with van der Waals surface area (Å²) in [5, 5.41) is 13.8. The first-order valence-corrected chi connectivity index (χ1v) is 13.9. The molecule has 1 N–H and O–H groups in total. The Hall–Kier alpha value is -4.48. The number of allylic oxidation sites excluding steroid dienone is 10. The predicted molar refractivity (Wildman–Crippen MR) is 157 cm³/mol. The van der Waals surface area contributed by atoms with Gasteiger partial charge in [-0.05, 0) is 60.1 Å². The number of para-hydroxylation sites is 2. The van der Waals surface area contributed by atoms with Crippen LogP contribution in [0, 0.1) is 29.1 Å². The van der Waals surface area contributed by atoms with Crippen molar-refractivity contribution < 1.29 is 9.52 Å². The molecule has 4 unspecified atom stereocenters. The molecule has 0 aliphatic heterocycles. The van der Waals surface area contributed by atoms with Crippen LogP contribution in [0.5, 0.6) is 5.75 Å². The van der Waals surface area contributed by atoms with Crippen LogP contribution in [0.3, 0.4) is 0 Å². The molecule has 0 saturated heterocycles. The van der Waals surface area contributed by atoms with Gasteiger partial charge in [-0.15, -0.1) is 0 Å². The Balaban J connectivity index is 1.44. The van der Waals surface area contributed by atoms with E-state index in [1.807, 2.05) is 24.3 Å². The number of rotatable bonds is 1. The van der Waals surface area contributed by atoms with Crippen molar-refractivity contribution in [2.75, 3.05) is 0 Å². The Morgan fingerprint density at radius 2 is 1.74 bits per heavy atom. The van der Waals surface area contributed by atoms with E-state index >= 15 is 0 Å². The maximum absolute atomic E-state index is 11.5. The average Bonchev–Trinajstić information content (AvgIpc) is 3.50. The van der Waals surface area contributed by atoms with Crippen molar-refractivity contribution in [1.29, 1.82) is 0 Å². The molecular formula is C37H26O2. The van der Waals surface area contributed by atoms with E-state index in [1.165, 1.54) is 16.7 Å². The summed E-state index contributed by atoms with van der Waals surface area (Å²) >= 11 is 0. The van der Waals surface area contributed by atoms with Crippen LogP contribution in [0.4, 0.5) is 0 Å². The molecule has 1 heterocycles. The van der Waals surface area contributed by atoms with Crippen LogP contribution in [0.2, 0.25) is 0 Å². The summed E-state index contributed by atoms with van der Waals surface area (Å²) in [6.45, 7) is 0. The van der Waals surface area contributed by atoms with Gasteiger partial charge in [0.2, 0.25) is 0 Å². The lowest BCUT2D eigenvalue weighted by Gasteiger charge is -2.64. The van der Waals surface area contributed by atoms with Crippen molar-refractivity contribution in [3.63, 3.8) is 0 Å². The van der Waals surface area contributed by atoms with E-state index in [0.717, 1.165) is 57.9 Å². The monoisotopic (exact) mass is 502 g/mol. The summed E-state index contributed by atoms with van der Waals surface area (Å²) in [5.41, 5.74) is 8.41. The highest BCUT2D eigenvalue weighted by atomic mass is 16.3. The van der Waals surface area contributed by atoms with Crippen LogP contribution in [0.15, 0.2) is 113 Å². The van der Waals surface area contributed by atoms with Crippen molar-refractivity contribution >= 4 is 27.5 Å². The minimum absolute atomic E-state index is 0.219. The van der Waals surface area contributed by atoms with Crippen LogP contribution < -0.4 is 0 Å². The maximum Gasteiger partial charge on any atom is 0.143 e. The minimum atomic E-state index is -0.311. The van der Waals surface area contributed by atoms with E-state index in [2.05, 4.69) is 90.8 Å². The number of benzene rings is 3. The lowest BCUT2D eigenvalue weighted by atomic mass is 9.36. The molecule has 5 aliphatic rings. The number of aromatic hydroxyl groups is 1. The molecule has 2 bridgehead atoms. The lowest BCUT2D eigenvalue weighted by molar-refractivity contribution is 0.0521. The number of hydrogen-bond donors (Lipinski definition) is 1. The zero-order valence-corrected chi connectivity index (χ0v) is 21.4. The van der Waals surface area contributed by atoms with E-state index in [1.54, 1.807) is 0 Å². The molecule has 5 aliphatic carbocycles. The van der Waals surface area contributed by atoms with Crippen LogP contribution in [0.1, 0.15) is 30.4 Å². The zero-order chi connectivity index (χ0) is 25.8. The van der Waals surface area contributed by atoms with Gasteiger partial charge < -0.3 is 9.52 Å². The second-order valence-electron chi connectivity index (χ2n) is 11.5. The molecule has 4 aromatic rings.